The topological polar surface area (TPSA) is 86.7 Å². The molecular formula is C16H28N2O4. The SMILES string of the molecule is CCCC(NC(=O)C(CC(C)C)N1CCCCC1=O)C(=O)O. The van der Waals surface area contributed by atoms with Crippen molar-refractivity contribution < 1.29 is 19.5 Å². The molecule has 1 saturated heterocycles. The van der Waals surface area contributed by atoms with Gasteiger partial charge in [0.25, 0.3) is 0 Å². The first-order valence-corrected chi connectivity index (χ1v) is 8.19. The van der Waals surface area contributed by atoms with Gasteiger partial charge in [0.2, 0.25) is 11.8 Å². The summed E-state index contributed by atoms with van der Waals surface area (Å²) in [5.74, 6) is -1.12. The first-order valence-electron chi connectivity index (χ1n) is 8.19. The van der Waals surface area contributed by atoms with E-state index in [1.165, 1.54) is 0 Å². The highest BCUT2D eigenvalue weighted by Crippen LogP contribution is 2.19. The van der Waals surface area contributed by atoms with Gasteiger partial charge >= 0.3 is 5.97 Å². The Hall–Kier alpha value is -1.59. The van der Waals surface area contributed by atoms with Crippen LogP contribution in [0.5, 0.6) is 0 Å². The normalized spacial score (nSPS) is 18.2. The monoisotopic (exact) mass is 312 g/mol. The van der Waals surface area contributed by atoms with Crippen LogP contribution in [-0.4, -0.2) is 46.4 Å². The summed E-state index contributed by atoms with van der Waals surface area (Å²) in [6.45, 7) is 6.45. The Morgan fingerprint density at radius 2 is 2.00 bits per heavy atom. The van der Waals surface area contributed by atoms with E-state index in [1.54, 1.807) is 4.90 Å². The van der Waals surface area contributed by atoms with Gasteiger partial charge in [0.1, 0.15) is 12.1 Å². The van der Waals surface area contributed by atoms with Crippen LogP contribution in [0.25, 0.3) is 0 Å². The molecule has 0 bridgehead atoms. The molecule has 1 rings (SSSR count). The number of rotatable bonds is 8. The Labute approximate surface area is 132 Å². The molecule has 0 aliphatic carbocycles. The van der Waals surface area contributed by atoms with Crippen molar-refractivity contribution in [3.63, 3.8) is 0 Å². The molecule has 0 saturated carbocycles. The molecule has 2 amide bonds. The molecule has 2 N–H and O–H groups in total. The molecule has 6 nitrogen and oxygen atoms in total. The van der Waals surface area contributed by atoms with Crippen molar-refractivity contribution in [1.29, 1.82) is 0 Å². The highest BCUT2D eigenvalue weighted by Gasteiger charge is 2.33. The van der Waals surface area contributed by atoms with Gasteiger partial charge < -0.3 is 15.3 Å². The van der Waals surface area contributed by atoms with Crippen LogP contribution in [0.3, 0.4) is 0 Å². The molecule has 0 spiro atoms. The number of nitrogens with zero attached hydrogens (tertiary/aromatic N) is 1. The lowest BCUT2D eigenvalue weighted by Crippen LogP contribution is -2.54. The van der Waals surface area contributed by atoms with Crippen LogP contribution in [0.2, 0.25) is 0 Å². The Bertz CT molecular complexity index is 409. The number of hydrogen-bond acceptors (Lipinski definition) is 3. The predicted molar refractivity (Wildman–Crippen MR) is 83.3 cm³/mol. The van der Waals surface area contributed by atoms with E-state index in [0.717, 1.165) is 12.8 Å². The van der Waals surface area contributed by atoms with Gasteiger partial charge in [0.15, 0.2) is 0 Å². The zero-order chi connectivity index (χ0) is 16.7. The Kier molecular flexibility index (Phi) is 7.35. The molecule has 2 unspecified atom stereocenters. The summed E-state index contributed by atoms with van der Waals surface area (Å²) in [4.78, 5) is 37.5. The molecule has 1 heterocycles. The third-order valence-electron chi connectivity index (χ3n) is 3.93. The zero-order valence-corrected chi connectivity index (χ0v) is 13.8. The van der Waals surface area contributed by atoms with Crippen molar-refractivity contribution in [2.45, 2.75) is 71.4 Å². The summed E-state index contributed by atoms with van der Waals surface area (Å²) < 4.78 is 0. The number of aliphatic carboxylic acids is 1. The van der Waals surface area contributed by atoms with E-state index < -0.39 is 18.1 Å². The van der Waals surface area contributed by atoms with Crippen molar-refractivity contribution >= 4 is 17.8 Å². The van der Waals surface area contributed by atoms with Crippen LogP contribution in [0.4, 0.5) is 0 Å². The van der Waals surface area contributed by atoms with E-state index in [-0.39, 0.29) is 17.7 Å². The molecule has 0 aromatic carbocycles. The molecule has 126 valence electrons. The minimum absolute atomic E-state index is 0.00517. The fourth-order valence-electron chi connectivity index (χ4n) is 2.79. The second-order valence-corrected chi connectivity index (χ2v) is 6.38. The lowest BCUT2D eigenvalue weighted by atomic mass is 9.98. The average Bonchev–Trinajstić information content (AvgIpc) is 2.44. The first kappa shape index (κ1) is 18.5. The van der Waals surface area contributed by atoms with Crippen LogP contribution in [0.15, 0.2) is 0 Å². The van der Waals surface area contributed by atoms with Gasteiger partial charge in [-0.25, -0.2) is 4.79 Å². The zero-order valence-electron chi connectivity index (χ0n) is 13.8. The Balaban J connectivity index is 2.83. The number of carbonyl (C=O) groups is 3. The summed E-state index contributed by atoms with van der Waals surface area (Å²) in [6.07, 6.45) is 3.84. The second kappa shape index (κ2) is 8.76. The number of piperidine rings is 1. The highest BCUT2D eigenvalue weighted by molar-refractivity contribution is 5.90. The van der Waals surface area contributed by atoms with Crippen LogP contribution < -0.4 is 5.32 Å². The van der Waals surface area contributed by atoms with Crippen molar-refractivity contribution in [3.8, 4) is 0 Å². The average molecular weight is 312 g/mol. The van der Waals surface area contributed by atoms with Gasteiger partial charge in [-0.15, -0.1) is 0 Å². The standard InChI is InChI=1S/C16H28N2O4/c1-4-7-12(16(21)22)17-15(20)13(10-11(2)3)18-9-6-5-8-14(18)19/h11-13H,4-10H2,1-3H3,(H,17,20)(H,21,22). The van der Waals surface area contributed by atoms with Gasteiger partial charge in [-0.3, -0.25) is 9.59 Å². The number of carboxylic acid groups (broad SMARTS) is 1. The van der Waals surface area contributed by atoms with Crippen molar-refractivity contribution in [2.24, 2.45) is 5.92 Å². The number of nitrogens with one attached hydrogen (secondary N) is 1. The maximum atomic E-state index is 12.5. The van der Waals surface area contributed by atoms with Crippen LogP contribution in [0, 0.1) is 5.92 Å². The van der Waals surface area contributed by atoms with Gasteiger partial charge in [-0.05, 0) is 31.6 Å². The quantitative estimate of drug-likeness (QED) is 0.715. The molecule has 0 radical (unpaired) electrons. The molecular weight excluding hydrogens is 284 g/mol. The fourth-order valence-corrected chi connectivity index (χ4v) is 2.79. The summed E-state index contributed by atoms with van der Waals surface area (Å²) in [5, 5.41) is 11.8. The Morgan fingerprint density at radius 1 is 1.32 bits per heavy atom. The number of carboxylic acids is 1. The first-order chi connectivity index (χ1) is 10.4. The molecule has 6 heteroatoms. The van der Waals surface area contributed by atoms with E-state index in [0.29, 0.717) is 32.2 Å². The van der Waals surface area contributed by atoms with Gasteiger partial charge in [-0.2, -0.15) is 0 Å². The molecule has 1 fully saturated rings. The van der Waals surface area contributed by atoms with Crippen LogP contribution in [-0.2, 0) is 14.4 Å². The maximum absolute atomic E-state index is 12.5. The summed E-state index contributed by atoms with van der Waals surface area (Å²) in [5.41, 5.74) is 0. The molecule has 22 heavy (non-hydrogen) atoms. The molecule has 2 atom stereocenters. The van der Waals surface area contributed by atoms with E-state index in [1.807, 2.05) is 20.8 Å². The summed E-state index contributed by atoms with van der Waals surface area (Å²) in [6, 6.07) is -1.45. The fraction of sp³-hybridized carbons (Fsp3) is 0.812. The van der Waals surface area contributed by atoms with Crippen LogP contribution >= 0.6 is 0 Å². The largest absolute Gasteiger partial charge is 0.480 e. The smallest absolute Gasteiger partial charge is 0.326 e. The minimum atomic E-state index is -1.02. The van der Waals surface area contributed by atoms with Crippen molar-refractivity contribution in [1.82, 2.24) is 10.2 Å². The minimum Gasteiger partial charge on any atom is -0.480 e. The van der Waals surface area contributed by atoms with E-state index in [9.17, 15) is 19.5 Å². The van der Waals surface area contributed by atoms with Crippen molar-refractivity contribution in [2.75, 3.05) is 6.54 Å². The maximum Gasteiger partial charge on any atom is 0.326 e. The van der Waals surface area contributed by atoms with E-state index in [2.05, 4.69) is 5.32 Å². The van der Waals surface area contributed by atoms with Gasteiger partial charge in [0, 0.05) is 13.0 Å². The number of hydrogen-bond donors (Lipinski definition) is 2. The lowest BCUT2D eigenvalue weighted by molar-refractivity contribution is -0.146. The third-order valence-corrected chi connectivity index (χ3v) is 3.93. The molecule has 0 aromatic heterocycles. The van der Waals surface area contributed by atoms with Crippen LogP contribution in [0.1, 0.15) is 59.3 Å². The van der Waals surface area contributed by atoms with Crippen molar-refractivity contribution in [3.05, 3.63) is 0 Å². The molecule has 1 aliphatic heterocycles. The number of carbonyl (C=O) groups excluding carboxylic acids is 2. The lowest BCUT2D eigenvalue weighted by Gasteiger charge is -2.35. The highest BCUT2D eigenvalue weighted by atomic mass is 16.4. The van der Waals surface area contributed by atoms with Gasteiger partial charge in [0.05, 0.1) is 0 Å². The third kappa shape index (κ3) is 5.31. The van der Waals surface area contributed by atoms with E-state index in [4.69, 9.17) is 0 Å². The van der Waals surface area contributed by atoms with E-state index >= 15 is 0 Å². The Morgan fingerprint density at radius 3 is 2.50 bits per heavy atom. The van der Waals surface area contributed by atoms with Gasteiger partial charge in [-0.1, -0.05) is 27.2 Å². The molecule has 1 aliphatic rings. The number of amides is 2. The second-order valence-electron chi connectivity index (χ2n) is 6.38. The predicted octanol–water partition coefficient (Wildman–Crippen LogP) is 1.78. The summed E-state index contributed by atoms with van der Waals surface area (Å²) >= 11 is 0. The molecule has 0 aromatic rings. The summed E-state index contributed by atoms with van der Waals surface area (Å²) in [7, 11) is 0. The number of likely N-dealkylation sites (tertiary alicyclic amines) is 1.